The monoisotopic (exact) mass is 237 g/mol. The smallest absolute Gasteiger partial charge is 0.218 e. The first-order chi connectivity index (χ1) is 8.29. The van der Waals surface area contributed by atoms with E-state index in [0.717, 1.165) is 25.3 Å². The molecule has 17 heavy (non-hydrogen) atoms. The average molecular weight is 237 g/mol. The molecule has 1 fully saturated rings. The molecule has 1 aromatic rings. The van der Waals surface area contributed by atoms with Crippen LogP contribution in [0, 0.1) is 0 Å². The van der Waals surface area contributed by atoms with Gasteiger partial charge in [0, 0.05) is 12.7 Å². The van der Waals surface area contributed by atoms with Crippen molar-refractivity contribution in [3.8, 4) is 5.88 Å². The summed E-state index contributed by atoms with van der Waals surface area (Å²) < 4.78 is 11.0. The number of hydrogen-bond acceptors (Lipinski definition) is 5. The number of nitrogens with zero attached hydrogens (tertiary/aromatic N) is 2. The van der Waals surface area contributed by atoms with Gasteiger partial charge >= 0.3 is 0 Å². The fourth-order valence-corrected chi connectivity index (χ4v) is 1.82. The lowest BCUT2D eigenvalue weighted by Gasteiger charge is -2.16. The number of rotatable bonds is 5. The van der Waals surface area contributed by atoms with Gasteiger partial charge in [-0.2, -0.15) is 0 Å². The van der Waals surface area contributed by atoms with Crippen LogP contribution in [0.15, 0.2) is 12.4 Å². The Balaban J connectivity index is 1.95. The Morgan fingerprint density at radius 3 is 3.12 bits per heavy atom. The van der Waals surface area contributed by atoms with Gasteiger partial charge in [0.25, 0.3) is 0 Å². The zero-order chi connectivity index (χ0) is 12.1. The van der Waals surface area contributed by atoms with Gasteiger partial charge in [0.1, 0.15) is 12.1 Å². The molecule has 0 bridgehead atoms. The van der Waals surface area contributed by atoms with E-state index in [9.17, 15) is 0 Å². The van der Waals surface area contributed by atoms with E-state index in [1.54, 1.807) is 0 Å². The number of anilines is 1. The summed E-state index contributed by atoms with van der Waals surface area (Å²) in [4.78, 5) is 8.25. The van der Waals surface area contributed by atoms with Crippen molar-refractivity contribution in [1.82, 2.24) is 9.97 Å². The first-order valence-electron chi connectivity index (χ1n) is 6.12. The van der Waals surface area contributed by atoms with Crippen molar-refractivity contribution < 1.29 is 9.47 Å². The molecule has 0 radical (unpaired) electrons. The van der Waals surface area contributed by atoms with Gasteiger partial charge in [0.15, 0.2) is 0 Å². The normalized spacial score (nSPS) is 23.6. The first-order valence-corrected chi connectivity index (χ1v) is 6.12. The highest BCUT2D eigenvalue weighted by Crippen LogP contribution is 2.19. The molecule has 1 aliphatic rings. The van der Waals surface area contributed by atoms with E-state index in [2.05, 4.69) is 29.1 Å². The summed E-state index contributed by atoms with van der Waals surface area (Å²) in [5, 5.41) is 3.35. The highest BCUT2D eigenvalue weighted by atomic mass is 16.5. The number of ether oxygens (including phenoxy) is 2. The van der Waals surface area contributed by atoms with E-state index in [-0.39, 0.29) is 6.10 Å². The zero-order valence-electron chi connectivity index (χ0n) is 10.3. The summed E-state index contributed by atoms with van der Waals surface area (Å²) in [5.41, 5.74) is 0. The second-order valence-electron chi connectivity index (χ2n) is 4.21. The molecular weight excluding hydrogens is 218 g/mol. The topological polar surface area (TPSA) is 56.3 Å². The molecule has 0 amide bonds. The van der Waals surface area contributed by atoms with Crippen LogP contribution < -0.4 is 10.1 Å². The maximum absolute atomic E-state index is 5.50. The molecule has 5 heteroatoms. The molecule has 0 aromatic carbocycles. The van der Waals surface area contributed by atoms with E-state index in [0.29, 0.717) is 18.5 Å². The lowest BCUT2D eigenvalue weighted by molar-refractivity contribution is 0.121. The Morgan fingerprint density at radius 1 is 1.53 bits per heavy atom. The van der Waals surface area contributed by atoms with Gasteiger partial charge in [0.2, 0.25) is 5.88 Å². The molecule has 5 nitrogen and oxygen atoms in total. The van der Waals surface area contributed by atoms with Crippen molar-refractivity contribution in [2.75, 3.05) is 18.5 Å². The molecule has 1 aliphatic heterocycles. The molecule has 2 unspecified atom stereocenters. The van der Waals surface area contributed by atoms with Gasteiger partial charge in [-0.05, 0) is 19.8 Å². The van der Waals surface area contributed by atoms with Gasteiger partial charge < -0.3 is 14.8 Å². The third-order valence-corrected chi connectivity index (χ3v) is 2.81. The fraction of sp³-hybridized carbons (Fsp3) is 0.667. The van der Waals surface area contributed by atoms with Crippen LogP contribution >= 0.6 is 0 Å². The van der Waals surface area contributed by atoms with Crippen LogP contribution in [0.2, 0.25) is 0 Å². The van der Waals surface area contributed by atoms with Crippen LogP contribution in [0.5, 0.6) is 5.88 Å². The van der Waals surface area contributed by atoms with E-state index in [1.807, 2.05) is 6.07 Å². The van der Waals surface area contributed by atoms with Crippen LogP contribution in [-0.4, -0.2) is 35.3 Å². The SMILES string of the molecule is CCCOc1cc(NC2CCOC2C)ncn1. The largest absolute Gasteiger partial charge is 0.478 e. The van der Waals surface area contributed by atoms with Crippen LogP contribution in [0.3, 0.4) is 0 Å². The molecular formula is C12H19N3O2. The van der Waals surface area contributed by atoms with Crippen molar-refractivity contribution in [1.29, 1.82) is 0 Å². The Labute approximate surface area is 102 Å². The average Bonchev–Trinajstić information content (AvgIpc) is 2.73. The highest BCUT2D eigenvalue weighted by molar-refractivity contribution is 5.38. The van der Waals surface area contributed by atoms with Crippen LogP contribution in [0.25, 0.3) is 0 Å². The van der Waals surface area contributed by atoms with E-state index < -0.39 is 0 Å². The minimum absolute atomic E-state index is 0.227. The summed E-state index contributed by atoms with van der Waals surface area (Å²) in [6.45, 7) is 5.63. The van der Waals surface area contributed by atoms with Gasteiger partial charge in [-0.3, -0.25) is 0 Å². The van der Waals surface area contributed by atoms with Crippen molar-refractivity contribution in [2.24, 2.45) is 0 Å². The number of nitrogens with one attached hydrogen (secondary N) is 1. The molecule has 94 valence electrons. The van der Waals surface area contributed by atoms with Gasteiger partial charge in [-0.25, -0.2) is 9.97 Å². The minimum Gasteiger partial charge on any atom is -0.478 e. The van der Waals surface area contributed by atoms with Gasteiger partial charge in [0.05, 0.1) is 18.8 Å². The highest BCUT2D eigenvalue weighted by Gasteiger charge is 2.24. The summed E-state index contributed by atoms with van der Waals surface area (Å²) in [6.07, 6.45) is 3.73. The molecule has 2 atom stereocenters. The third kappa shape index (κ3) is 3.30. The van der Waals surface area contributed by atoms with E-state index >= 15 is 0 Å². The van der Waals surface area contributed by atoms with Crippen LogP contribution in [0.1, 0.15) is 26.7 Å². The summed E-state index contributed by atoms with van der Waals surface area (Å²) in [5.74, 6) is 1.42. The minimum atomic E-state index is 0.227. The van der Waals surface area contributed by atoms with Crippen molar-refractivity contribution >= 4 is 5.82 Å². The molecule has 0 spiro atoms. The molecule has 0 aliphatic carbocycles. The Kier molecular flexibility index (Phi) is 4.14. The Bertz CT molecular complexity index is 359. The van der Waals surface area contributed by atoms with Gasteiger partial charge in [-0.15, -0.1) is 0 Å². The number of hydrogen-bond donors (Lipinski definition) is 1. The third-order valence-electron chi connectivity index (χ3n) is 2.81. The van der Waals surface area contributed by atoms with Gasteiger partial charge in [-0.1, -0.05) is 6.92 Å². The molecule has 2 rings (SSSR count). The predicted octanol–water partition coefficient (Wildman–Crippen LogP) is 1.85. The summed E-state index contributed by atoms with van der Waals surface area (Å²) in [7, 11) is 0. The molecule has 0 saturated carbocycles. The second-order valence-corrected chi connectivity index (χ2v) is 4.21. The standard InChI is InChI=1S/C12H19N3O2/c1-3-5-17-12-7-11(13-8-14-12)15-10-4-6-16-9(10)2/h7-10H,3-6H2,1-2H3,(H,13,14,15). The summed E-state index contributed by atoms with van der Waals surface area (Å²) in [6, 6.07) is 2.16. The molecule has 2 heterocycles. The maximum Gasteiger partial charge on any atom is 0.218 e. The Morgan fingerprint density at radius 2 is 2.41 bits per heavy atom. The zero-order valence-corrected chi connectivity index (χ0v) is 10.3. The van der Waals surface area contributed by atoms with Crippen molar-refractivity contribution in [3.63, 3.8) is 0 Å². The van der Waals surface area contributed by atoms with Crippen LogP contribution in [0.4, 0.5) is 5.82 Å². The van der Waals surface area contributed by atoms with E-state index in [1.165, 1.54) is 6.33 Å². The van der Waals surface area contributed by atoms with Crippen LogP contribution in [-0.2, 0) is 4.74 Å². The molecule has 1 N–H and O–H groups in total. The lowest BCUT2D eigenvalue weighted by Crippen LogP contribution is -2.27. The maximum atomic E-state index is 5.50. The summed E-state index contributed by atoms with van der Waals surface area (Å²) >= 11 is 0. The lowest BCUT2D eigenvalue weighted by atomic mass is 10.1. The first kappa shape index (κ1) is 12.1. The van der Waals surface area contributed by atoms with Crippen molar-refractivity contribution in [3.05, 3.63) is 12.4 Å². The predicted molar refractivity (Wildman–Crippen MR) is 65.3 cm³/mol. The molecule has 1 aromatic heterocycles. The molecule has 1 saturated heterocycles. The number of aromatic nitrogens is 2. The Hall–Kier alpha value is -1.36. The van der Waals surface area contributed by atoms with E-state index in [4.69, 9.17) is 9.47 Å². The fourth-order valence-electron chi connectivity index (χ4n) is 1.82. The second kappa shape index (κ2) is 5.82. The quantitative estimate of drug-likeness (QED) is 0.847. The van der Waals surface area contributed by atoms with Crippen molar-refractivity contribution in [2.45, 2.75) is 38.8 Å².